The summed E-state index contributed by atoms with van der Waals surface area (Å²) in [5, 5.41) is 0. The number of rotatable bonds is 7. The van der Waals surface area contributed by atoms with Crippen LogP contribution in [0.1, 0.15) is 98.8 Å². The molecule has 0 amide bonds. The van der Waals surface area contributed by atoms with Crippen molar-refractivity contribution in [2.45, 2.75) is 105 Å². The third kappa shape index (κ3) is 4.47. The zero-order chi connectivity index (χ0) is 25.7. The molecule has 4 N–H and O–H groups in total. The number of nitrogen functional groups attached to an aromatic ring is 2. The van der Waals surface area contributed by atoms with Crippen LogP contribution in [-0.2, 0) is 0 Å². The maximum atomic E-state index is 6.47. The van der Waals surface area contributed by atoms with Gasteiger partial charge in [0.15, 0.2) is 0 Å². The van der Waals surface area contributed by atoms with Gasteiger partial charge in [0.2, 0.25) is 0 Å². The molecule has 0 radical (unpaired) electrons. The van der Waals surface area contributed by atoms with Crippen LogP contribution in [0.4, 0.5) is 11.4 Å². The molecule has 3 nitrogen and oxygen atoms in total. The van der Waals surface area contributed by atoms with Crippen molar-refractivity contribution >= 4 is 11.4 Å². The minimum Gasteiger partial charge on any atom is -0.488 e. The summed E-state index contributed by atoms with van der Waals surface area (Å²) in [5.41, 5.74) is 14.4. The number of ether oxygens (including phenoxy) is 1. The van der Waals surface area contributed by atoms with Crippen LogP contribution in [0.15, 0.2) is 30.4 Å². The van der Waals surface area contributed by atoms with Crippen molar-refractivity contribution in [3.63, 3.8) is 0 Å². The Morgan fingerprint density at radius 1 is 1.00 bits per heavy atom. The summed E-state index contributed by atoms with van der Waals surface area (Å²) in [5.74, 6) is 6.42. The molecule has 0 heterocycles. The third-order valence-electron chi connectivity index (χ3n) is 11.8. The normalized spacial score (nSPS) is 40.4. The van der Waals surface area contributed by atoms with Crippen LogP contribution in [0.5, 0.6) is 5.75 Å². The van der Waals surface area contributed by atoms with E-state index in [4.69, 9.17) is 16.2 Å². The van der Waals surface area contributed by atoms with Gasteiger partial charge in [-0.3, -0.25) is 0 Å². The quantitative estimate of drug-likeness (QED) is 0.296. The van der Waals surface area contributed by atoms with Crippen molar-refractivity contribution in [2.24, 2.45) is 52.3 Å². The Balaban J connectivity index is 1.32. The highest BCUT2D eigenvalue weighted by atomic mass is 16.5. The number of fused-ring (bicyclic) bond motifs is 3. The fraction of sp³-hybridized carbons (Fsp3) is 0.758. The Bertz CT molecular complexity index is 955. The molecule has 1 spiro atoms. The fourth-order valence-electron chi connectivity index (χ4n) is 9.66. The molecule has 0 saturated heterocycles. The van der Waals surface area contributed by atoms with E-state index in [1.54, 1.807) is 0 Å². The number of benzene rings is 1. The lowest BCUT2D eigenvalue weighted by Crippen LogP contribution is -2.47. The maximum Gasteiger partial charge on any atom is 0.142 e. The van der Waals surface area contributed by atoms with E-state index in [1.165, 1.54) is 51.4 Å². The van der Waals surface area contributed by atoms with Gasteiger partial charge in [-0.25, -0.2) is 0 Å². The fourth-order valence-corrected chi connectivity index (χ4v) is 9.66. The van der Waals surface area contributed by atoms with E-state index in [9.17, 15) is 0 Å². The molecule has 36 heavy (non-hydrogen) atoms. The van der Waals surface area contributed by atoms with Crippen molar-refractivity contribution in [1.29, 1.82) is 0 Å². The van der Waals surface area contributed by atoms with Crippen LogP contribution in [0.25, 0.3) is 0 Å². The van der Waals surface area contributed by atoms with Crippen molar-refractivity contribution in [1.82, 2.24) is 0 Å². The SMILES string of the molecule is CC(C)CCCC(C)C1CCC2C3C=CC4CC(Oc5ccc(N)cc5N)CCC4(CCC12C)C3C. The topological polar surface area (TPSA) is 61.3 Å². The van der Waals surface area contributed by atoms with Crippen LogP contribution >= 0.6 is 0 Å². The van der Waals surface area contributed by atoms with Crippen LogP contribution in [-0.4, -0.2) is 6.10 Å². The lowest BCUT2D eigenvalue weighted by Gasteiger charge is -2.53. The highest BCUT2D eigenvalue weighted by Crippen LogP contribution is 2.67. The Morgan fingerprint density at radius 2 is 1.81 bits per heavy atom. The lowest BCUT2D eigenvalue weighted by atomic mass is 9.52. The van der Waals surface area contributed by atoms with Crippen molar-refractivity contribution in [2.75, 3.05) is 11.5 Å². The van der Waals surface area contributed by atoms with E-state index in [-0.39, 0.29) is 6.10 Å². The first-order valence-corrected chi connectivity index (χ1v) is 15.1. The standard InChI is InChI=1S/C33H52N2O/c1-21(2)7-6-8-22(3)28-12-13-29-27-11-9-24-19-26(36-31-14-10-25(34)20-30(31)35)15-16-33(24,23(27)4)18-17-32(28,29)5/h9-11,14,20-24,26-29H,6-8,12-13,15-19,34-35H2,1-5H3. The molecule has 3 saturated carbocycles. The average molecular weight is 493 g/mol. The summed E-state index contributed by atoms with van der Waals surface area (Å²) in [4.78, 5) is 0. The zero-order valence-electron chi connectivity index (χ0n) is 23.6. The van der Waals surface area contributed by atoms with Gasteiger partial charge >= 0.3 is 0 Å². The van der Waals surface area contributed by atoms with E-state index in [0.29, 0.717) is 28.1 Å². The molecule has 4 aliphatic carbocycles. The number of anilines is 2. The van der Waals surface area contributed by atoms with Gasteiger partial charge in [0.25, 0.3) is 0 Å². The predicted octanol–water partition coefficient (Wildman–Crippen LogP) is 8.50. The first kappa shape index (κ1) is 26.0. The van der Waals surface area contributed by atoms with Gasteiger partial charge in [0.1, 0.15) is 5.75 Å². The van der Waals surface area contributed by atoms with Gasteiger partial charge in [0, 0.05) is 5.69 Å². The van der Waals surface area contributed by atoms with Crippen molar-refractivity contribution in [3.8, 4) is 5.75 Å². The molecule has 1 aromatic rings. The van der Waals surface area contributed by atoms with Crippen LogP contribution in [0.3, 0.4) is 0 Å². The molecule has 4 aliphatic rings. The molecule has 3 fully saturated rings. The van der Waals surface area contributed by atoms with Crippen LogP contribution in [0, 0.1) is 52.3 Å². The highest BCUT2D eigenvalue weighted by Gasteiger charge is 2.60. The third-order valence-corrected chi connectivity index (χ3v) is 11.8. The van der Waals surface area contributed by atoms with Crippen molar-refractivity contribution in [3.05, 3.63) is 30.4 Å². The second-order valence-corrected chi connectivity index (χ2v) is 14.0. The molecule has 0 aromatic heterocycles. The highest BCUT2D eigenvalue weighted by molar-refractivity contribution is 5.60. The van der Waals surface area contributed by atoms with Gasteiger partial charge in [-0.1, -0.05) is 66.0 Å². The summed E-state index contributed by atoms with van der Waals surface area (Å²) in [6.07, 6.45) is 19.0. The van der Waals surface area contributed by atoms with Crippen LogP contribution < -0.4 is 16.2 Å². The zero-order valence-corrected chi connectivity index (χ0v) is 23.6. The minimum atomic E-state index is 0.243. The largest absolute Gasteiger partial charge is 0.488 e. The molecule has 9 atom stereocenters. The lowest BCUT2D eigenvalue weighted by molar-refractivity contribution is -0.0240. The molecule has 0 aliphatic heterocycles. The first-order valence-electron chi connectivity index (χ1n) is 15.1. The second kappa shape index (κ2) is 9.91. The van der Waals surface area contributed by atoms with E-state index in [1.807, 2.05) is 18.2 Å². The number of allylic oxidation sites excluding steroid dienone is 2. The van der Waals surface area contributed by atoms with Crippen molar-refractivity contribution < 1.29 is 4.74 Å². The maximum absolute atomic E-state index is 6.47. The summed E-state index contributed by atoms with van der Waals surface area (Å²) in [6.45, 7) is 12.7. The van der Waals surface area contributed by atoms with Gasteiger partial charge in [0.05, 0.1) is 11.8 Å². The number of hydrogen-bond acceptors (Lipinski definition) is 3. The van der Waals surface area contributed by atoms with E-state index in [0.717, 1.165) is 54.1 Å². The Morgan fingerprint density at radius 3 is 2.56 bits per heavy atom. The van der Waals surface area contributed by atoms with Gasteiger partial charge in [-0.2, -0.15) is 0 Å². The molecule has 1 aromatic carbocycles. The number of hydrogen-bond donors (Lipinski definition) is 2. The van der Waals surface area contributed by atoms with Gasteiger partial charge < -0.3 is 16.2 Å². The minimum absolute atomic E-state index is 0.243. The van der Waals surface area contributed by atoms with E-state index < -0.39 is 0 Å². The summed E-state index contributed by atoms with van der Waals surface area (Å²) in [6, 6.07) is 5.66. The molecular formula is C33H52N2O. The molecular weight excluding hydrogens is 440 g/mol. The summed E-state index contributed by atoms with van der Waals surface area (Å²) in [7, 11) is 0. The average Bonchev–Trinajstić information content (AvgIpc) is 3.15. The molecule has 2 bridgehead atoms. The Labute approximate surface area is 220 Å². The Hall–Kier alpha value is -1.64. The van der Waals surface area contributed by atoms with Gasteiger partial charge in [-0.15, -0.1) is 0 Å². The number of nitrogens with two attached hydrogens (primary N) is 2. The molecule has 5 rings (SSSR count). The van der Waals surface area contributed by atoms with E-state index in [2.05, 4.69) is 46.8 Å². The van der Waals surface area contributed by atoms with Crippen LogP contribution in [0.2, 0.25) is 0 Å². The first-order chi connectivity index (χ1) is 17.1. The summed E-state index contributed by atoms with van der Waals surface area (Å²) < 4.78 is 6.47. The molecule has 3 heteroatoms. The van der Waals surface area contributed by atoms with E-state index >= 15 is 0 Å². The summed E-state index contributed by atoms with van der Waals surface area (Å²) >= 11 is 0. The molecule has 200 valence electrons. The smallest absolute Gasteiger partial charge is 0.142 e. The van der Waals surface area contributed by atoms with Gasteiger partial charge in [-0.05, 0) is 115 Å². The monoisotopic (exact) mass is 492 g/mol. The Kier molecular flexibility index (Phi) is 7.16. The predicted molar refractivity (Wildman–Crippen MR) is 153 cm³/mol. The molecule has 9 unspecified atom stereocenters. The second-order valence-electron chi connectivity index (χ2n) is 14.0.